The summed E-state index contributed by atoms with van der Waals surface area (Å²) >= 11 is 0. The molecule has 0 aliphatic carbocycles. The highest BCUT2D eigenvalue weighted by molar-refractivity contribution is 7.86. The van der Waals surface area contributed by atoms with Gasteiger partial charge < -0.3 is 15.3 Å². The first kappa shape index (κ1) is 10.8. The predicted octanol–water partition coefficient (Wildman–Crippen LogP) is -3.11. The van der Waals surface area contributed by atoms with E-state index in [2.05, 4.69) is 5.32 Å². The van der Waals surface area contributed by atoms with Crippen molar-refractivity contribution in [2.75, 3.05) is 6.61 Å². The van der Waals surface area contributed by atoms with E-state index in [0.29, 0.717) is 0 Å². The van der Waals surface area contributed by atoms with Crippen LogP contribution in [-0.2, 0) is 10.1 Å². The average Bonchev–Trinajstić information content (AvgIpc) is 2.28. The predicted molar refractivity (Wildman–Crippen MR) is 41.4 cm³/mol. The first-order valence-corrected chi connectivity index (χ1v) is 5.07. The van der Waals surface area contributed by atoms with Gasteiger partial charge in [-0.25, -0.2) is 0 Å². The molecule has 0 aromatic heterocycles. The molecule has 0 bridgehead atoms. The quantitative estimate of drug-likeness (QED) is 0.307. The molecule has 5 N–H and O–H groups in total. The summed E-state index contributed by atoms with van der Waals surface area (Å²) in [6, 6.07) is -0.943. The molecule has 0 aromatic carbocycles. The average molecular weight is 213 g/mol. The molecule has 0 spiro atoms. The van der Waals surface area contributed by atoms with E-state index in [9.17, 15) is 8.42 Å². The Balaban J connectivity index is 2.84. The Morgan fingerprint density at radius 3 is 2.00 bits per heavy atom. The van der Waals surface area contributed by atoms with Crippen LogP contribution in [0.4, 0.5) is 0 Å². The van der Waals surface area contributed by atoms with E-state index < -0.39 is 40.3 Å². The number of aliphatic hydroxyl groups is 3. The zero-order chi connectivity index (χ0) is 10.2. The second-order valence-electron chi connectivity index (χ2n) is 2.87. The second kappa shape index (κ2) is 3.48. The Morgan fingerprint density at radius 2 is 1.77 bits per heavy atom. The smallest absolute Gasteiger partial charge is 0.283 e. The molecular weight excluding hydrogens is 202 g/mol. The Hall–Kier alpha value is -0.250. The van der Waals surface area contributed by atoms with Crippen LogP contribution in [0.3, 0.4) is 0 Å². The van der Waals surface area contributed by atoms with Crippen molar-refractivity contribution in [2.24, 2.45) is 0 Å². The van der Waals surface area contributed by atoms with Crippen LogP contribution < -0.4 is 5.32 Å². The van der Waals surface area contributed by atoms with Gasteiger partial charge in [0.15, 0.2) is 5.37 Å². The summed E-state index contributed by atoms with van der Waals surface area (Å²) < 4.78 is 29.8. The summed E-state index contributed by atoms with van der Waals surface area (Å²) in [5.41, 5.74) is 0. The van der Waals surface area contributed by atoms with Crippen molar-refractivity contribution in [3.05, 3.63) is 0 Å². The Morgan fingerprint density at radius 1 is 1.23 bits per heavy atom. The third-order valence-corrected chi connectivity index (χ3v) is 3.03. The molecule has 1 heterocycles. The molecule has 1 aliphatic heterocycles. The monoisotopic (exact) mass is 213 g/mol. The van der Waals surface area contributed by atoms with Gasteiger partial charge in [-0.1, -0.05) is 0 Å². The summed E-state index contributed by atoms with van der Waals surface area (Å²) in [6.45, 7) is -0.524. The maximum atomic E-state index is 10.6. The zero-order valence-electron chi connectivity index (χ0n) is 6.53. The van der Waals surface area contributed by atoms with Gasteiger partial charge in [-0.2, -0.15) is 8.42 Å². The van der Waals surface area contributed by atoms with Gasteiger partial charge in [-0.15, -0.1) is 0 Å². The molecule has 4 atom stereocenters. The maximum Gasteiger partial charge on any atom is 0.283 e. The summed E-state index contributed by atoms with van der Waals surface area (Å²) in [6.07, 6.45) is -3.04. The lowest BCUT2D eigenvalue weighted by atomic mass is 10.1. The van der Waals surface area contributed by atoms with Crippen molar-refractivity contribution in [3.8, 4) is 0 Å². The minimum absolute atomic E-state index is 0.524. The van der Waals surface area contributed by atoms with Crippen LogP contribution in [0.25, 0.3) is 0 Å². The number of hydrogen-bond acceptors (Lipinski definition) is 6. The van der Waals surface area contributed by atoms with Crippen LogP contribution >= 0.6 is 0 Å². The Kier molecular flexibility index (Phi) is 2.90. The fraction of sp³-hybridized carbons (Fsp3) is 1.00. The third-order valence-electron chi connectivity index (χ3n) is 1.97. The van der Waals surface area contributed by atoms with E-state index in [1.807, 2.05) is 0 Å². The van der Waals surface area contributed by atoms with E-state index in [-0.39, 0.29) is 0 Å². The molecule has 0 saturated carbocycles. The Bertz CT molecular complexity index is 277. The third kappa shape index (κ3) is 1.98. The summed E-state index contributed by atoms with van der Waals surface area (Å²) in [5.74, 6) is 0. The van der Waals surface area contributed by atoms with E-state index in [1.165, 1.54) is 0 Å². The highest BCUT2D eigenvalue weighted by Gasteiger charge is 2.46. The molecule has 1 fully saturated rings. The molecule has 1 rings (SSSR count). The lowest BCUT2D eigenvalue weighted by Gasteiger charge is -2.12. The van der Waals surface area contributed by atoms with Gasteiger partial charge in [-0.05, 0) is 0 Å². The van der Waals surface area contributed by atoms with E-state index in [1.54, 1.807) is 0 Å². The minimum atomic E-state index is -4.46. The van der Waals surface area contributed by atoms with Crippen LogP contribution in [-0.4, -0.2) is 58.5 Å². The van der Waals surface area contributed by atoms with Crippen molar-refractivity contribution < 1.29 is 28.3 Å². The molecule has 7 nitrogen and oxygen atoms in total. The molecule has 1 saturated heterocycles. The van der Waals surface area contributed by atoms with Gasteiger partial charge in [0.2, 0.25) is 0 Å². The lowest BCUT2D eigenvalue weighted by molar-refractivity contribution is 0.0257. The lowest BCUT2D eigenvalue weighted by Crippen LogP contribution is -2.40. The van der Waals surface area contributed by atoms with Gasteiger partial charge in [0.25, 0.3) is 10.1 Å². The first-order chi connectivity index (χ1) is 5.88. The van der Waals surface area contributed by atoms with Gasteiger partial charge in [0.05, 0.1) is 12.6 Å². The largest absolute Gasteiger partial charge is 0.395 e. The summed E-state index contributed by atoms with van der Waals surface area (Å²) in [7, 11) is -4.46. The van der Waals surface area contributed by atoms with Crippen molar-refractivity contribution in [1.82, 2.24) is 5.32 Å². The maximum absolute atomic E-state index is 10.6. The zero-order valence-corrected chi connectivity index (χ0v) is 7.35. The van der Waals surface area contributed by atoms with Crippen molar-refractivity contribution in [2.45, 2.75) is 23.6 Å². The van der Waals surface area contributed by atoms with Gasteiger partial charge in [-0.3, -0.25) is 9.87 Å². The highest BCUT2D eigenvalue weighted by atomic mass is 32.2. The topological polar surface area (TPSA) is 127 Å². The van der Waals surface area contributed by atoms with Crippen LogP contribution in [0.2, 0.25) is 0 Å². The number of rotatable bonds is 2. The molecule has 8 heteroatoms. The highest BCUT2D eigenvalue weighted by Crippen LogP contribution is 2.17. The first-order valence-electron chi connectivity index (χ1n) is 3.57. The molecule has 13 heavy (non-hydrogen) atoms. The normalized spacial score (nSPS) is 40.9. The number of hydrogen-bond donors (Lipinski definition) is 5. The fourth-order valence-electron chi connectivity index (χ4n) is 1.25. The van der Waals surface area contributed by atoms with E-state index in [4.69, 9.17) is 19.9 Å². The van der Waals surface area contributed by atoms with Gasteiger partial charge in [0.1, 0.15) is 12.2 Å². The van der Waals surface area contributed by atoms with Crippen molar-refractivity contribution in [3.63, 3.8) is 0 Å². The summed E-state index contributed by atoms with van der Waals surface area (Å²) in [5, 5.41) is 27.5. The number of nitrogens with one attached hydrogen (secondary N) is 1. The van der Waals surface area contributed by atoms with Gasteiger partial charge in [0, 0.05) is 0 Å². The van der Waals surface area contributed by atoms with Crippen LogP contribution in [0.1, 0.15) is 0 Å². The second-order valence-corrected chi connectivity index (χ2v) is 4.41. The van der Waals surface area contributed by atoms with Crippen molar-refractivity contribution >= 4 is 10.1 Å². The SMILES string of the molecule is O=S(=O)(O)C1NC(CO)C(O)C1O. The molecule has 0 aromatic rings. The molecular formula is C5H11NO6S. The fourth-order valence-corrected chi connectivity index (χ4v) is 2.11. The molecule has 78 valence electrons. The van der Waals surface area contributed by atoms with Crippen LogP contribution in [0, 0.1) is 0 Å². The molecule has 0 radical (unpaired) electrons. The van der Waals surface area contributed by atoms with E-state index >= 15 is 0 Å². The molecule has 0 amide bonds. The summed E-state index contributed by atoms with van der Waals surface area (Å²) in [4.78, 5) is 0. The molecule has 1 aliphatic rings. The Labute approximate surface area is 74.8 Å². The van der Waals surface area contributed by atoms with Crippen molar-refractivity contribution in [1.29, 1.82) is 0 Å². The minimum Gasteiger partial charge on any atom is -0.395 e. The van der Waals surface area contributed by atoms with Gasteiger partial charge >= 0.3 is 0 Å². The standard InChI is InChI=1S/C5H11NO6S/c7-1-2-3(8)4(9)5(6-2)13(10,11)12/h2-9H,1H2,(H,10,11,12). The van der Waals surface area contributed by atoms with Crippen LogP contribution in [0.15, 0.2) is 0 Å². The molecule has 4 unspecified atom stereocenters. The van der Waals surface area contributed by atoms with Crippen LogP contribution in [0.5, 0.6) is 0 Å². The number of aliphatic hydroxyl groups excluding tert-OH is 3. The van der Waals surface area contributed by atoms with E-state index in [0.717, 1.165) is 0 Å².